The average Bonchev–Trinajstić information content (AvgIpc) is 2.53. The largest absolute Gasteiger partial charge is 0.291 e. The highest BCUT2D eigenvalue weighted by molar-refractivity contribution is 9.09. The summed E-state index contributed by atoms with van der Waals surface area (Å²) in [5, 5.41) is 0.302. The first-order valence-corrected chi connectivity index (χ1v) is 5.25. The Morgan fingerprint density at radius 3 is 3.00 bits per heavy atom. The lowest BCUT2D eigenvalue weighted by atomic mass is 10.2. The third-order valence-electron chi connectivity index (χ3n) is 1.96. The SMILES string of the molecule is Br.Cc1nc2ncccn2c1C(=O)CBr. The molecular formula is C9H9Br2N3O. The van der Waals surface area contributed by atoms with Crippen LogP contribution in [0.4, 0.5) is 0 Å². The number of rotatable bonds is 2. The molecular weight excluding hydrogens is 326 g/mol. The topological polar surface area (TPSA) is 47.3 Å². The molecule has 2 rings (SSSR count). The van der Waals surface area contributed by atoms with Gasteiger partial charge in [0.05, 0.1) is 11.0 Å². The highest BCUT2D eigenvalue weighted by Gasteiger charge is 2.15. The molecule has 0 aliphatic carbocycles. The molecule has 0 amide bonds. The highest BCUT2D eigenvalue weighted by atomic mass is 79.9. The van der Waals surface area contributed by atoms with E-state index in [0.29, 0.717) is 22.5 Å². The number of alkyl halides is 1. The molecule has 2 heterocycles. The van der Waals surface area contributed by atoms with Crippen LogP contribution < -0.4 is 0 Å². The molecule has 80 valence electrons. The standard InChI is InChI=1S/C9H8BrN3O.BrH/c1-6-8(7(14)5-10)13-4-2-3-11-9(13)12-6;/h2-4H,5H2,1H3;1H. The van der Waals surface area contributed by atoms with Gasteiger partial charge in [0.2, 0.25) is 5.78 Å². The Hall–Kier alpha value is -0.750. The number of imidazole rings is 1. The number of nitrogens with zero attached hydrogens (tertiary/aromatic N) is 3. The second-order valence-electron chi connectivity index (χ2n) is 2.89. The van der Waals surface area contributed by atoms with Gasteiger partial charge in [-0.25, -0.2) is 9.97 Å². The smallest absolute Gasteiger partial charge is 0.234 e. The lowest BCUT2D eigenvalue weighted by Crippen LogP contribution is -2.06. The second kappa shape index (κ2) is 4.85. The minimum Gasteiger partial charge on any atom is -0.291 e. The van der Waals surface area contributed by atoms with E-state index < -0.39 is 0 Å². The van der Waals surface area contributed by atoms with Crippen LogP contribution in [0.3, 0.4) is 0 Å². The van der Waals surface area contributed by atoms with Crippen LogP contribution in [-0.2, 0) is 0 Å². The van der Waals surface area contributed by atoms with Gasteiger partial charge >= 0.3 is 0 Å². The van der Waals surface area contributed by atoms with Crippen molar-refractivity contribution in [3.8, 4) is 0 Å². The van der Waals surface area contributed by atoms with Gasteiger partial charge in [0.15, 0.2) is 5.78 Å². The van der Waals surface area contributed by atoms with E-state index in [2.05, 4.69) is 25.9 Å². The first kappa shape index (κ1) is 12.3. The Labute approximate surface area is 106 Å². The molecule has 0 saturated heterocycles. The zero-order valence-corrected chi connectivity index (χ0v) is 11.3. The van der Waals surface area contributed by atoms with Gasteiger partial charge < -0.3 is 0 Å². The third-order valence-corrected chi connectivity index (χ3v) is 2.47. The van der Waals surface area contributed by atoms with Crippen molar-refractivity contribution in [3.63, 3.8) is 0 Å². The maximum Gasteiger partial charge on any atom is 0.234 e. The van der Waals surface area contributed by atoms with E-state index in [4.69, 9.17) is 0 Å². The van der Waals surface area contributed by atoms with Crippen molar-refractivity contribution in [1.82, 2.24) is 14.4 Å². The molecule has 6 heteroatoms. The van der Waals surface area contributed by atoms with Gasteiger partial charge in [-0.15, -0.1) is 17.0 Å². The van der Waals surface area contributed by atoms with Gasteiger partial charge in [0.25, 0.3) is 0 Å². The summed E-state index contributed by atoms with van der Waals surface area (Å²) in [6, 6.07) is 1.78. The van der Waals surface area contributed by atoms with Gasteiger partial charge in [-0.05, 0) is 13.0 Å². The Kier molecular flexibility index (Phi) is 3.98. The molecule has 2 aromatic rings. The third kappa shape index (κ3) is 2.10. The van der Waals surface area contributed by atoms with E-state index >= 15 is 0 Å². The molecule has 0 spiro atoms. The van der Waals surface area contributed by atoms with Crippen LogP contribution in [0.1, 0.15) is 16.2 Å². The molecule has 0 saturated carbocycles. The summed E-state index contributed by atoms with van der Waals surface area (Å²) in [4.78, 5) is 19.8. The number of aromatic nitrogens is 3. The number of Topliss-reactive ketones (excluding diaryl/α,β-unsaturated/α-hetero) is 1. The summed E-state index contributed by atoms with van der Waals surface area (Å²) in [6.45, 7) is 1.81. The van der Waals surface area contributed by atoms with Crippen LogP contribution in [0.5, 0.6) is 0 Å². The predicted molar refractivity (Wildman–Crippen MR) is 66.2 cm³/mol. The average molecular weight is 335 g/mol. The fraction of sp³-hybridized carbons (Fsp3) is 0.222. The van der Waals surface area contributed by atoms with Gasteiger partial charge in [-0.1, -0.05) is 15.9 Å². The van der Waals surface area contributed by atoms with E-state index in [0.717, 1.165) is 0 Å². The summed E-state index contributed by atoms with van der Waals surface area (Å²) in [5.41, 5.74) is 1.32. The maximum atomic E-state index is 11.6. The molecule has 0 aliphatic heterocycles. The van der Waals surface area contributed by atoms with Crippen molar-refractivity contribution in [2.75, 3.05) is 5.33 Å². The summed E-state index contributed by atoms with van der Waals surface area (Å²) < 4.78 is 1.71. The molecule has 0 unspecified atom stereocenters. The van der Waals surface area contributed by atoms with Crippen molar-refractivity contribution in [2.24, 2.45) is 0 Å². The Morgan fingerprint density at radius 1 is 1.60 bits per heavy atom. The first-order valence-electron chi connectivity index (χ1n) is 4.13. The van der Waals surface area contributed by atoms with Gasteiger partial charge in [0.1, 0.15) is 5.69 Å². The van der Waals surface area contributed by atoms with E-state index in [1.54, 1.807) is 22.9 Å². The van der Waals surface area contributed by atoms with E-state index in [1.165, 1.54) is 0 Å². The quantitative estimate of drug-likeness (QED) is 0.624. The molecule has 15 heavy (non-hydrogen) atoms. The van der Waals surface area contributed by atoms with Gasteiger partial charge in [-0.3, -0.25) is 9.20 Å². The summed E-state index contributed by atoms with van der Waals surface area (Å²) in [5.74, 6) is 0.581. The number of carbonyl (C=O) groups excluding carboxylic acids is 1. The van der Waals surface area contributed by atoms with E-state index in [9.17, 15) is 4.79 Å². The predicted octanol–water partition coefficient (Wildman–Crippen LogP) is 2.19. The molecule has 4 nitrogen and oxygen atoms in total. The number of carbonyl (C=O) groups is 1. The maximum absolute atomic E-state index is 11.6. The number of aryl methyl sites for hydroxylation is 1. The van der Waals surface area contributed by atoms with Crippen molar-refractivity contribution in [2.45, 2.75) is 6.92 Å². The van der Waals surface area contributed by atoms with Crippen molar-refractivity contribution >= 4 is 44.5 Å². The highest BCUT2D eigenvalue weighted by Crippen LogP contribution is 2.11. The van der Waals surface area contributed by atoms with E-state index in [1.807, 2.05) is 6.92 Å². The number of fused-ring (bicyclic) bond motifs is 1. The normalized spacial score (nSPS) is 10.0. The molecule has 0 atom stereocenters. The van der Waals surface area contributed by atoms with Crippen LogP contribution in [-0.4, -0.2) is 25.5 Å². The minimum absolute atomic E-state index is 0. The van der Waals surface area contributed by atoms with Crippen LogP contribution in [0.2, 0.25) is 0 Å². The van der Waals surface area contributed by atoms with E-state index in [-0.39, 0.29) is 22.8 Å². The van der Waals surface area contributed by atoms with Crippen LogP contribution in [0.15, 0.2) is 18.5 Å². The zero-order chi connectivity index (χ0) is 10.1. The zero-order valence-electron chi connectivity index (χ0n) is 7.98. The first-order chi connectivity index (χ1) is 6.74. The number of hydrogen-bond donors (Lipinski definition) is 0. The van der Waals surface area contributed by atoms with Gasteiger partial charge in [0, 0.05) is 12.4 Å². The van der Waals surface area contributed by atoms with Gasteiger partial charge in [-0.2, -0.15) is 0 Å². The second-order valence-corrected chi connectivity index (χ2v) is 3.45. The molecule has 0 radical (unpaired) electrons. The summed E-state index contributed by atoms with van der Waals surface area (Å²) in [7, 11) is 0. The summed E-state index contributed by atoms with van der Waals surface area (Å²) >= 11 is 3.15. The minimum atomic E-state index is 0. The fourth-order valence-electron chi connectivity index (χ4n) is 1.40. The number of halogens is 2. The lowest BCUT2D eigenvalue weighted by Gasteiger charge is -1.97. The van der Waals surface area contributed by atoms with Crippen molar-refractivity contribution in [1.29, 1.82) is 0 Å². The van der Waals surface area contributed by atoms with Crippen LogP contribution in [0.25, 0.3) is 5.78 Å². The Bertz CT molecular complexity index is 495. The fourth-order valence-corrected chi connectivity index (χ4v) is 1.66. The summed E-state index contributed by atoms with van der Waals surface area (Å²) in [6.07, 6.45) is 3.45. The van der Waals surface area contributed by atoms with Crippen molar-refractivity contribution in [3.05, 3.63) is 29.8 Å². The van der Waals surface area contributed by atoms with Crippen LogP contribution in [0, 0.1) is 6.92 Å². The molecule has 0 aliphatic rings. The molecule has 0 fully saturated rings. The Morgan fingerprint density at radius 2 is 2.33 bits per heavy atom. The lowest BCUT2D eigenvalue weighted by molar-refractivity contribution is 0.101. The monoisotopic (exact) mass is 333 g/mol. The number of ketones is 1. The number of hydrogen-bond acceptors (Lipinski definition) is 3. The van der Waals surface area contributed by atoms with Crippen LogP contribution >= 0.6 is 32.9 Å². The molecule has 0 aromatic carbocycles. The molecule has 0 bridgehead atoms. The molecule has 2 aromatic heterocycles. The molecule has 0 N–H and O–H groups in total. The van der Waals surface area contributed by atoms with Crippen molar-refractivity contribution < 1.29 is 4.79 Å². The Balaban J connectivity index is 0.00000112.